The van der Waals surface area contributed by atoms with E-state index in [0.29, 0.717) is 0 Å². The lowest BCUT2D eigenvalue weighted by Gasteiger charge is -2.18. The van der Waals surface area contributed by atoms with Gasteiger partial charge in [0.1, 0.15) is 11.8 Å². The number of nitriles is 1. The molecule has 1 rings (SSSR count). The van der Waals surface area contributed by atoms with Crippen LogP contribution >= 0.6 is 23.2 Å². The van der Waals surface area contributed by atoms with E-state index in [-0.39, 0.29) is 10.7 Å². The molecule has 0 bridgehead atoms. The molecule has 0 heterocycles. The van der Waals surface area contributed by atoms with E-state index in [1.165, 1.54) is 12.1 Å². The summed E-state index contributed by atoms with van der Waals surface area (Å²) in [7, 11) is 0. The standard InChI is InChI=1S/C11H8Cl2F3N5O/c12-6-2-1-5(20-21-7(4-17)9(18)19)3-8(6)22-11(15,16)10(13)14/h1-3,10,20H,(H3,18,19)/b21-7+. The van der Waals surface area contributed by atoms with E-state index in [2.05, 4.69) is 26.9 Å². The van der Waals surface area contributed by atoms with Crippen LogP contribution < -0.4 is 15.9 Å². The monoisotopic (exact) mass is 353 g/mol. The summed E-state index contributed by atoms with van der Waals surface area (Å²) in [5, 5.41) is 18.9. The molecule has 6 nitrogen and oxygen atoms in total. The number of hydrogen-bond donors (Lipinski definition) is 3. The van der Waals surface area contributed by atoms with Crippen LogP contribution in [0.4, 0.5) is 18.9 Å². The second kappa shape index (κ2) is 7.20. The molecule has 0 aliphatic heterocycles. The number of hydrazone groups is 1. The fourth-order valence-electron chi connectivity index (χ4n) is 1.11. The van der Waals surface area contributed by atoms with Crippen LogP contribution in [0.3, 0.4) is 0 Å². The van der Waals surface area contributed by atoms with Crippen LogP contribution in [0.25, 0.3) is 0 Å². The van der Waals surface area contributed by atoms with Crippen LogP contribution in [0.2, 0.25) is 5.02 Å². The smallest absolute Gasteiger partial charge is 0.428 e. The number of nitrogens with two attached hydrogens (primary N) is 1. The summed E-state index contributed by atoms with van der Waals surface area (Å²) in [6.07, 6.45) is -4.29. The average Bonchev–Trinajstić information content (AvgIpc) is 2.42. The van der Waals surface area contributed by atoms with Gasteiger partial charge in [-0.05, 0) is 12.1 Å². The molecule has 22 heavy (non-hydrogen) atoms. The predicted octanol–water partition coefficient (Wildman–Crippen LogP) is 3.07. The van der Waals surface area contributed by atoms with Crippen LogP contribution in [0.15, 0.2) is 23.3 Å². The van der Waals surface area contributed by atoms with E-state index in [1.807, 2.05) is 0 Å². The second-order valence-electron chi connectivity index (χ2n) is 3.71. The lowest BCUT2D eigenvalue weighted by molar-refractivity contribution is -0.198. The maximum absolute atomic E-state index is 13.1. The molecule has 0 aromatic heterocycles. The van der Waals surface area contributed by atoms with Gasteiger partial charge in [-0.25, -0.2) is 4.39 Å². The van der Waals surface area contributed by atoms with Gasteiger partial charge in [0.2, 0.25) is 5.71 Å². The zero-order valence-electron chi connectivity index (χ0n) is 10.6. The fraction of sp³-hybridized carbons (Fsp3) is 0.182. The van der Waals surface area contributed by atoms with Crippen LogP contribution in [0.5, 0.6) is 5.75 Å². The summed E-state index contributed by atoms with van der Waals surface area (Å²) in [4.78, 5) is 0. The molecule has 0 spiro atoms. The lowest BCUT2D eigenvalue weighted by Crippen LogP contribution is -2.32. The number of halogens is 5. The molecule has 1 aromatic carbocycles. The third-order valence-electron chi connectivity index (χ3n) is 2.09. The van der Waals surface area contributed by atoms with E-state index >= 15 is 0 Å². The first-order chi connectivity index (χ1) is 10.2. The summed E-state index contributed by atoms with van der Waals surface area (Å²) in [6.45, 7) is 0. The highest BCUT2D eigenvalue weighted by Gasteiger charge is 2.42. The normalized spacial score (nSPS) is 13.2. The predicted molar refractivity (Wildman–Crippen MR) is 76.4 cm³/mol. The molecule has 1 aromatic rings. The molecule has 0 saturated carbocycles. The number of alkyl halides is 4. The zero-order chi connectivity index (χ0) is 16.9. The molecule has 1 unspecified atom stereocenters. The van der Waals surface area contributed by atoms with Crippen molar-refractivity contribution in [3.05, 3.63) is 23.2 Å². The topological polar surface area (TPSA) is 107 Å². The Balaban J connectivity index is 3.01. The highest BCUT2D eigenvalue weighted by molar-refractivity contribution is 6.45. The summed E-state index contributed by atoms with van der Waals surface area (Å²) < 4.78 is 42.8. The zero-order valence-corrected chi connectivity index (χ0v) is 12.1. The van der Waals surface area contributed by atoms with Crippen LogP contribution in [0.1, 0.15) is 0 Å². The Bertz CT molecular complexity index is 645. The van der Waals surface area contributed by atoms with Gasteiger partial charge in [-0.1, -0.05) is 23.2 Å². The number of rotatable bonds is 6. The molecule has 0 fully saturated rings. The first-order valence-electron chi connectivity index (χ1n) is 5.40. The number of hydrogen-bond acceptors (Lipinski definition) is 5. The van der Waals surface area contributed by atoms with Gasteiger partial charge in [-0.3, -0.25) is 10.8 Å². The van der Waals surface area contributed by atoms with Crippen LogP contribution in [0, 0.1) is 16.7 Å². The maximum Gasteiger partial charge on any atom is 0.444 e. The van der Waals surface area contributed by atoms with Gasteiger partial charge in [0.25, 0.3) is 5.63 Å². The minimum atomic E-state index is -4.29. The average molecular weight is 354 g/mol. The quantitative estimate of drug-likeness (QED) is 0.316. The largest absolute Gasteiger partial charge is 0.444 e. The third kappa shape index (κ3) is 4.68. The van der Waals surface area contributed by atoms with Gasteiger partial charge in [-0.2, -0.15) is 19.1 Å². The fourth-order valence-corrected chi connectivity index (χ4v) is 1.31. The van der Waals surface area contributed by atoms with E-state index in [9.17, 15) is 13.2 Å². The molecule has 0 aliphatic carbocycles. The van der Waals surface area contributed by atoms with Crippen molar-refractivity contribution < 1.29 is 17.9 Å². The number of ether oxygens (including phenoxy) is 1. The van der Waals surface area contributed by atoms with Crippen molar-refractivity contribution in [3.8, 4) is 11.8 Å². The first-order valence-corrected chi connectivity index (χ1v) is 6.21. The Kier molecular flexibility index (Phi) is 5.84. The van der Waals surface area contributed by atoms with E-state index in [1.54, 1.807) is 6.07 Å². The van der Waals surface area contributed by atoms with Gasteiger partial charge < -0.3 is 10.5 Å². The van der Waals surface area contributed by atoms with Crippen molar-refractivity contribution in [1.29, 1.82) is 10.7 Å². The molecule has 0 saturated heterocycles. The third-order valence-corrected chi connectivity index (χ3v) is 2.66. The Morgan fingerprint density at radius 3 is 2.68 bits per heavy atom. The van der Waals surface area contributed by atoms with E-state index in [4.69, 9.17) is 28.0 Å². The van der Waals surface area contributed by atoms with Gasteiger partial charge in [0.15, 0.2) is 5.84 Å². The minimum absolute atomic E-state index is 0.0779. The van der Waals surface area contributed by atoms with Crippen molar-refractivity contribution in [2.75, 3.05) is 5.43 Å². The van der Waals surface area contributed by atoms with Crippen molar-refractivity contribution in [2.24, 2.45) is 10.8 Å². The Hall–Kier alpha value is -2.18. The molecule has 0 amide bonds. The van der Waals surface area contributed by atoms with Gasteiger partial charge in [-0.15, -0.1) is 0 Å². The van der Waals surface area contributed by atoms with E-state index in [0.717, 1.165) is 6.07 Å². The number of benzene rings is 1. The van der Waals surface area contributed by atoms with Crippen LogP contribution in [-0.2, 0) is 0 Å². The number of nitrogens with zero attached hydrogens (tertiary/aromatic N) is 2. The molecule has 4 N–H and O–H groups in total. The molecular weight excluding hydrogens is 346 g/mol. The summed E-state index contributed by atoms with van der Waals surface area (Å²) in [5.74, 6) is -1.15. The number of anilines is 1. The Labute approximate surface area is 132 Å². The van der Waals surface area contributed by atoms with Crippen molar-refractivity contribution >= 4 is 40.4 Å². The van der Waals surface area contributed by atoms with Crippen molar-refractivity contribution in [2.45, 2.75) is 11.7 Å². The SMILES string of the molecule is N#C/C(=N\Nc1ccc(Cl)c(OC(F)(F)C(F)Cl)c1)C(=N)N. The molecule has 118 valence electrons. The Morgan fingerprint density at radius 2 is 2.18 bits per heavy atom. The number of amidine groups is 1. The van der Waals surface area contributed by atoms with Crippen molar-refractivity contribution in [3.63, 3.8) is 0 Å². The van der Waals surface area contributed by atoms with Gasteiger partial charge >= 0.3 is 6.11 Å². The highest BCUT2D eigenvalue weighted by atomic mass is 35.5. The Morgan fingerprint density at radius 1 is 1.55 bits per heavy atom. The van der Waals surface area contributed by atoms with Gasteiger partial charge in [0.05, 0.1) is 10.7 Å². The molecular formula is C11H8Cl2F3N5O. The first kappa shape index (κ1) is 17.9. The second-order valence-corrected chi connectivity index (χ2v) is 4.50. The summed E-state index contributed by atoms with van der Waals surface area (Å²) in [5.41, 5.74) is 3.95. The molecule has 1 atom stereocenters. The van der Waals surface area contributed by atoms with E-state index < -0.39 is 29.0 Å². The van der Waals surface area contributed by atoms with Crippen LogP contribution in [-0.4, -0.2) is 23.3 Å². The highest BCUT2D eigenvalue weighted by Crippen LogP contribution is 2.34. The lowest BCUT2D eigenvalue weighted by atomic mass is 10.3. The summed E-state index contributed by atoms with van der Waals surface area (Å²) in [6, 6.07) is 5.02. The van der Waals surface area contributed by atoms with Crippen molar-refractivity contribution in [1.82, 2.24) is 0 Å². The molecule has 11 heteroatoms. The molecule has 0 radical (unpaired) electrons. The molecule has 0 aliphatic rings. The minimum Gasteiger partial charge on any atom is -0.428 e. The van der Waals surface area contributed by atoms with Gasteiger partial charge in [0, 0.05) is 6.07 Å². The summed E-state index contributed by atoms with van der Waals surface area (Å²) >= 11 is 10.3. The number of nitrogens with one attached hydrogen (secondary N) is 2. The maximum atomic E-state index is 13.1.